The minimum absolute atomic E-state index is 0.137. The van der Waals surface area contributed by atoms with E-state index in [2.05, 4.69) is 15.5 Å². The third kappa shape index (κ3) is 4.91. The van der Waals surface area contributed by atoms with E-state index in [0.29, 0.717) is 61.1 Å². The van der Waals surface area contributed by atoms with Gasteiger partial charge in [0.2, 0.25) is 5.91 Å². The van der Waals surface area contributed by atoms with E-state index in [9.17, 15) is 4.79 Å². The second-order valence-corrected chi connectivity index (χ2v) is 8.75. The Labute approximate surface area is 201 Å². The number of benzene rings is 2. The molecule has 2 aliphatic heterocycles. The number of carbonyl (C=O) groups excluding carboxylic acids is 1. The topological polar surface area (TPSA) is 96.7 Å². The highest BCUT2D eigenvalue weighted by Gasteiger charge is 2.18. The molecule has 9 nitrogen and oxygen atoms in total. The molecule has 5 rings (SSSR count). The molecule has 0 radical (unpaired) electrons. The fraction of sp³-hybridized carbons (Fsp3) is 0.375. The molecular weight excluding hydrogens is 456 g/mol. The second-order valence-electron chi connectivity index (χ2n) is 7.81. The Morgan fingerprint density at radius 2 is 1.56 bits per heavy atom. The highest BCUT2D eigenvalue weighted by Crippen LogP contribution is 2.35. The molecular formula is C24H26N4O5S. The number of ether oxygens (including phenoxy) is 4. The summed E-state index contributed by atoms with van der Waals surface area (Å²) >= 11 is 1.34. The quantitative estimate of drug-likeness (QED) is 0.527. The maximum atomic E-state index is 12.6. The number of fused-ring (bicyclic) bond motifs is 2. The van der Waals surface area contributed by atoms with Crippen molar-refractivity contribution in [2.45, 2.75) is 31.5 Å². The molecule has 1 aromatic heterocycles. The summed E-state index contributed by atoms with van der Waals surface area (Å²) < 4.78 is 24.9. The van der Waals surface area contributed by atoms with Crippen LogP contribution in [0.2, 0.25) is 0 Å². The van der Waals surface area contributed by atoms with Gasteiger partial charge in [-0.2, -0.15) is 0 Å². The van der Waals surface area contributed by atoms with Gasteiger partial charge in [-0.3, -0.25) is 4.79 Å². The molecule has 3 aromatic rings. The maximum absolute atomic E-state index is 12.6. The highest BCUT2D eigenvalue weighted by atomic mass is 32.2. The van der Waals surface area contributed by atoms with Gasteiger partial charge in [-0.05, 0) is 37.3 Å². The fourth-order valence-electron chi connectivity index (χ4n) is 3.76. The highest BCUT2D eigenvalue weighted by molar-refractivity contribution is 7.99. The molecule has 2 aromatic carbocycles. The zero-order valence-electron chi connectivity index (χ0n) is 18.9. The Kier molecular flexibility index (Phi) is 6.75. The van der Waals surface area contributed by atoms with Crippen LogP contribution in [0.5, 0.6) is 23.0 Å². The van der Waals surface area contributed by atoms with Crippen LogP contribution < -0.4 is 24.3 Å². The first kappa shape index (κ1) is 22.4. The fourth-order valence-corrected chi connectivity index (χ4v) is 4.57. The van der Waals surface area contributed by atoms with E-state index in [0.717, 1.165) is 30.0 Å². The number of anilines is 1. The number of carbonyl (C=O) groups is 1. The number of hydrogen-bond donors (Lipinski definition) is 1. The van der Waals surface area contributed by atoms with E-state index in [4.69, 9.17) is 18.9 Å². The lowest BCUT2D eigenvalue weighted by atomic mass is 10.2. The van der Waals surface area contributed by atoms with Crippen LogP contribution in [-0.4, -0.2) is 52.9 Å². The summed E-state index contributed by atoms with van der Waals surface area (Å²) in [7, 11) is 0. The Morgan fingerprint density at radius 1 is 0.912 bits per heavy atom. The zero-order chi connectivity index (χ0) is 23.3. The predicted octanol–water partition coefficient (Wildman–Crippen LogP) is 4.02. The van der Waals surface area contributed by atoms with Gasteiger partial charge in [0.1, 0.15) is 0 Å². The number of nitrogens with zero attached hydrogens (tertiary/aromatic N) is 3. The van der Waals surface area contributed by atoms with E-state index in [1.54, 1.807) is 6.07 Å². The van der Waals surface area contributed by atoms with E-state index in [-0.39, 0.29) is 11.7 Å². The minimum Gasteiger partial charge on any atom is -0.490 e. The molecule has 0 unspecified atom stereocenters. The van der Waals surface area contributed by atoms with Crippen molar-refractivity contribution in [3.63, 3.8) is 0 Å². The number of nitrogens with one attached hydrogen (secondary N) is 1. The van der Waals surface area contributed by atoms with Gasteiger partial charge in [0, 0.05) is 36.7 Å². The van der Waals surface area contributed by atoms with E-state index < -0.39 is 0 Å². The number of hydrogen-bond acceptors (Lipinski definition) is 8. The second kappa shape index (κ2) is 10.3. The van der Waals surface area contributed by atoms with Crippen LogP contribution in [-0.2, 0) is 11.3 Å². The van der Waals surface area contributed by atoms with Crippen LogP contribution in [0.1, 0.15) is 19.8 Å². The molecule has 2 aliphatic rings. The number of thioether (sulfide) groups is 1. The number of rotatable bonds is 6. The van der Waals surface area contributed by atoms with E-state index >= 15 is 0 Å². The lowest BCUT2D eigenvalue weighted by molar-refractivity contribution is -0.113. The lowest BCUT2D eigenvalue weighted by Gasteiger charge is -2.11. The average Bonchev–Trinajstić information content (AvgIpc) is 2.99. The van der Waals surface area contributed by atoms with Crippen molar-refractivity contribution >= 4 is 23.4 Å². The Balaban J connectivity index is 1.25. The molecule has 1 N–H and O–H groups in total. The normalized spacial score (nSPS) is 14.7. The van der Waals surface area contributed by atoms with Crippen molar-refractivity contribution in [1.29, 1.82) is 0 Å². The maximum Gasteiger partial charge on any atom is 0.234 e. The molecule has 3 heterocycles. The summed E-state index contributed by atoms with van der Waals surface area (Å²) in [6.45, 7) is 5.18. The number of amides is 1. The van der Waals surface area contributed by atoms with E-state index in [1.807, 2.05) is 41.8 Å². The summed E-state index contributed by atoms with van der Waals surface area (Å²) in [6.07, 6.45) is 1.68. The molecule has 178 valence electrons. The van der Waals surface area contributed by atoms with E-state index in [1.165, 1.54) is 11.8 Å². The van der Waals surface area contributed by atoms with Gasteiger partial charge >= 0.3 is 0 Å². The van der Waals surface area contributed by atoms with Crippen molar-refractivity contribution in [2.24, 2.45) is 0 Å². The average molecular weight is 483 g/mol. The summed E-state index contributed by atoms with van der Waals surface area (Å²) in [5.74, 6) is 3.59. The van der Waals surface area contributed by atoms with Crippen molar-refractivity contribution in [1.82, 2.24) is 14.8 Å². The largest absolute Gasteiger partial charge is 0.490 e. The van der Waals surface area contributed by atoms with Crippen molar-refractivity contribution in [3.05, 3.63) is 36.4 Å². The first-order valence-corrected chi connectivity index (χ1v) is 12.4. The van der Waals surface area contributed by atoms with Crippen LogP contribution >= 0.6 is 11.8 Å². The summed E-state index contributed by atoms with van der Waals surface area (Å²) in [6, 6.07) is 11.2. The molecule has 0 aliphatic carbocycles. The van der Waals surface area contributed by atoms with Crippen molar-refractivity contribution in [3.8, 4) is 34.4 Å². The molecule has 10 heteroatoms. The van der Waals surface area contributed by atoms with Gasteiger partial charge in [-0.25, -0.2) is 0 Å². The SMILES string of the molecule is CCn1c(SCC(=O)Nc2ccc3c(c2)OCCCO3)nnc1-c1ccc2c(c1)OCCCO2. The molecule has 0 spiro atoms. The summed E-state index contributed by atoms with van der Waals surface area (Å²) in [5, 5.41) is 12.3. The summed E-state index contributed by atoms with van der Waals surface area (Å²) in [5.41, 5.74) is 1.56. The first-order chi connectivity index (χ1) is 16.7. The van der Waals surface area contributed by atoms with Gasteiger partial charge in [0.25, 0.3) is 0 Å². The third-order valence-corrected chi connectivity index (χ3v) is 6.37. The van der Waals surface area contributed by atoms with Crippen LogP contribution in [0.15, 0.2) is 41.6 Å². The standard InChI is InChI=1S/C24H26N4O5S/c1-2-28-23(16-5-7-18-20(13-16)32-11-3-9-30-18)26-27-24(28)34-15-22(29)25-17-6-8-19-21(14-17)33-12-4-10-31-19/h5-8,13-14H,2-4,9-12,15H2,1H3,(H,25,29). The molecule has 0 saturated carbocycles. The first-order valence-electron chi connectivity index (χ1n) is 11.4. The van der Waals surface area contributed by atoms with Crippen LogP contribution in [0.3, 0.4) is 0 Å². The zero-order valence-corrected chi connectivity index (χ0v) is 19.7. The smallest absolute Gasteiger partial charge is 0.234 e. The minimum atomic E-state index is -0.137. The molecule has 0 fully saturated rings. The molecule has 0 bridgehead atoms. The molecule has 34 heavy (non-hydrogen) atoms. The Bertz CT molecular complexity index is 1180. The van der Waals surface area contributed by atoms with Crippen LogP contribution in [0.4, 0.5) is 5.69 Å². The lowest BCUT2D eigenvalue weighted by Crippen LogP contribution is -2.14. The Morgan fingerprint density at radius 3 is 2.26 bits per heavy atom. The van der Waals surface area contributed by atoms with Gasteiger partial charge in [0.05, 0.1) is 32.2 Å². The monoisotopic (exact) mass is 482 g/mol. The van der Waals surface area contributed by atoms with Gasteiger partial charge in [0.15, 0.2) is 34.0 Å². The van der Waals surface area contributed by atoms with Gasteiger partial charge < -0.3 is 28.8 Å². The number of aromatic nitrogens is 3. The van der Waals surface area contributed by atoms with Crippen LogP contribution in [0, 0.1) is 0 Å². The van der Waals surface area contributed by atoms with Gasteiger partial charge in [-0.15, -0.1) is 10.2 Å². The van der Waals surface area contributed by atoms with Crippen molar-refractivity contribution < 1.29 is 23.7 Å². The third-order valence-electron chi connectivity index (χ3n) is 5.40. The molecule has 1 amide bonds. The predicted molar refractivity (Wildman–Crippen MR) is 128 cm³/mol. The summed E-state index contributed by atoms with van der Waals surface area (Å²) in [4.78, 5) is 12.6. The Hall–Kier alpha value is -3.40. The molecule has 0 saturated heterocycles. The van der Waals surface area contributed by atoms with Crippen LogP contribution in [0.25, 0.3) is 11.4 Å². The molecule has 0 atom stereocenters. The van der Waals surface area contributed by atoms with Gasteiger partial charge in [-0.1, -0.05) is 11.8 Å². The van der Waals surface area contributed by atoms with Crippen molar-refractivity contribution in [2.75, 3.05) is 37.5 Å².